The number of hydrogen-bond acceptors (Lipinski definition) is 2. The first kappa shape index (κ1) is 11.4. The summed E-state index contributed by atoms with van der Waals surface area (Å²) in [5.41, 5.74) is -0.0837. The molecular weight excluding hydrogens is 154 g/mol. The van der Waals surface area contributed by atoms with E-state index in [-0.39, 0.29) is 24.0 Å². The summed E-state index contributed by atoms with van der Waals surface area (Å²) in [5, 5.41) is 11.8. The van der Waals surface area contributed by atoms with Gasteiger partial charge in [-0.3, -0.25) is 4.79 Å². The molecule has 0 saturated heterocycles. The van der Waals surface area contributed by atoms with E-state index in [4.69, 9.17) is 5.11 Å². The van der Waals surface area contributed by atoms with Gasteiger partial charge in [-0.2, -0.15) is 0 Å². The van der Waals surface area contributed by atoms with Crippen LogP contribution in [-0.4, -0.2) is 23.7 Å². The minimum Gasteiger partial charge on any atom is -0.394 e. The minimum absolute atomic E-state index is 0.00472. The smallest absolute Gasteiger partial charge is 0.220 e. The molecule has 0 spiro atoms. The molecule has 3 nitrogen and oxygen atoms in total. The van der Waals surface area contributed by atoms with Crippen molar-refractivity contribution in [2.45, 2.75) is 40.2 Å². The topological polar surface area (TPSA) is 49.3 Å². The quantitative estimate of drug-likeness (QED) is 0.666. The summed E-state index contributed by atoms with van der Waals surface area (Å²) in [6.45, 7) is 7.76. The minimum atomic E-state index is -0.148. The van der Waals surface area contributed by atoms with Crippen LogP contribution >= 0.6 is 0 Å². The molecule has 1 amide bonds. The molecule has 1 unspecified atom stereocenters. The lowest BCUT2D eigenvalue weighted by atomic mass is 9.87. The van der Waals surface area contributed by atoms with Crippen LogP contribution in [-0.2, 0) is 4.79 Å². The largest absolute Gasteiger partial charge is 0.394 e. The van der Waals surface area contributed by atoms with Crippen LogP contribution < -0.4 is 5.32 Å². The number of carbonyl (C=O) groups is 1. The Balaban J connectivity index is 4.09. The zero-order valence-electron chi connectivity index (χ0n) is 8.35. The summed E-state index contributed by atoms with van der Waals surface area (Å²) in [5.74, 6) is -0.0102. The van der Waals surface area contributed by atoms with Crippen LogP contribution in [0.15, 0.2) is 0 Å². The van der Waals surface area contributed by atoms with Crippen molar-refractivity contribution in [1.82, 2.24) is 5.32 Å². The zero-order chi connectivity index (χ0) is 9.78. The first-order valence-corrected chi connectivity index (χ1v) is 4.32. The molecule has 0 heterocycles. The van der Waals surface area contributed by atoms with Gasteiger partial charge >= 0.3 is 0 Å². The van der Waals surface area contributed by atoms with Crippen LogP contribution in [0.5, 0.6) is 0 Å². The normalized spacial score (nSPS) is 14.1. The van der Waals surface area contributed by atoms with Gasteiger partial charge in [0.15, 0.2) is 0 Å². The maximum atomic E-state index is 11.0. The van der Waals surface area contributed by atoms with E-state index in [1.54, 1.807) is 6.92 Å². The summed E-state index contributed by atoms with van der Waals surface area (Å²) >= 11 is 0. The van der Waals surface area contributed by atoms with Gasteiger partial charge in [0.1, 0.15) is 0 Å². The first-order chi connectivity index (χ1) is 5.41. The van der Waals surface area contributed by atoms with Crippen LogP contribution in [0.2, 0.25) is 0 Å². The number of aliphatic hydroxyl groups excluding tert-OH is 1. The number of amides is 1. The predicted molar refractivity (Wildman–Crippen MR) is 48.8 cm³/mol. The number of aliphatic hydroxyl groups is 1. The van der Waals surface area contributed by atoms with Gasteiger partial charge in [0.05, 0.1) is 12.6 Å². The molecule has 3 heteroatoms. The third-order valence-electron chi connectivity index (χ3n) is 1.88. The van der Waals surface area contributed by atoms with E-state index in [1.165, 1.54) is 0 Å². The molecule has 0 aliphatic heterocycles. The van der Waals surface area contributed by atoms with E-state index >= 15 is 0 Å². The summed E-state index contributed by atoms with van der Waals surface area (Å²) in [4.78, 5) is 11.0. The average Bonchev–Trinajstić information content (AvgIpc) is 1.97. The van der Waals surface area contributed by atoms with Gasteiger partial charge in [-0.1, -0.05) is 27.7 Å². The molecule has 0 aromatic carbocycles. The van der Waals surface area contributed by atoms with Crippen LogP contribution in [0.25, 0.3) is 0 Å². The van der Waals surface area contributed by atoms with Gasteiger partial charge in [-0.15, -0.1) is 0 Å². The lowest BCUT2D eigenvalue weighted by molar-refractivity contribution is -0.122. The highest BCUT2D eigenvalue weighted by atomic mass is 16.3. The zero-order valence-corrected chi connectivity index (χ0v) is 8.35. The maximum absolute atomic E-state index is 11.0. The summed E-state index contributed by atoms with van der Waals surface area (Å²) < 4.78 is 0. The maximum Gasteiger partial charge on any atom is 0.220 e. The van der Waals surface area contributed by atoms with E-state index in [1.807, 2.05) is 20.8 Å². The molecule has 0 saturated carbocycles. The Morgan fingerprint density at radius 1 is 1.50 bits per heavy atom. The Morgan fingerprint density at radius 2 is 2.00 bits per heavy atom. The fourth-order valence-corrected chi connectivity index (χ4v) is 0.832. The van der Waals surface area contributed by atoms with Crippen molar-refractivity contribution in [2.75, 3.05) is 6.61 Å². The fraction of sp³-hybridized carbons (Fsp3) is 0.889. The van der Waals surface area contributed by atoms with Crippen molar-refractivity contribution in [3.05, 3.63) is 0 Å². The second-order valence-electron chi connectivity index (χ2n) is 4.02. The van der Waals surface area contributed by atoms with Gasteiger partial charge in [-0.05, 0) is 5.41 Å². The molecule has 0 aromatic rings. The second kappa shape index (κ2) is 4.45. The molecule has 0 radical (unpaired) electrons. The van der Waals surface area contributed by atoms with Crippen LogP contribution in [0, 0.1) is 5.41 Å². The number of rotatable bonds is 3. The van der Waals surface area contributed by atoms with Crippen molar-refractivity contribution in [3.8, 4) is 0 Å². The van der Waals surface area contributed by atoms with E-state index in [0.29, 0.717) is 6.42 Å². The van der Waals surface area contributed by atoms with Crippen molar-refractivity contribution in [1.29, 1.82) is 0 Å². The van der Waals surface area contributed by atoms with Gasteiger partial charge in [0, 0.05) is 6.42 Å². The lowest BCUT2D eigenvalue weighted by Crippen LogP contribution is -2.45. The fourth-order valence-electron chi connectivity index (χ4n) is 0.832. The molecule has 1 atom stereocenters. The summed E-state index contributed by atoms with van der Waals surface area (Å²) in [6.07, 6.45) is 0.465. The highest BCUT2D eigenvalue weighted by molar-refractivity contribution is 5.75. The number of carbonyl (C=O) groups excluding carboxylic acids is 1. The standard InChI is InChI=1S/C9H19NO2/c1-5-8(12)10-7(6-11)9(2,3)4/h7,11H,5-6H2,1-4H3,(H,10,12). The van der Waals surface area contributed by atoms with E-state index in [2.05, 4.69) is 5.32 Å². The second-order valence-corrected chi connectivity index (χ2v) is 4.02. The molecule has 12 heavy (non-hydrogen) atoms. The monoisotopic (exact) mass is 173 g/mol. The van der Waals surface area contributed by atoms with Gasteiger partial charge in [0.25, 0.3) is 0 Å². The molecule has 2 N–H and O–H groups in total. The molecule has 0 bridgehead atoms. The molecule has 0 aromatic heterocycles. The summed E-state index contributed by atoms with van der Waals surface area (Å²) in [7, 11) is 0. The first-order valence-electron chi connectivity index (χ1n) is 4.32. The Bertz CT molecular complexity index is 149. The van der Waals surface area contributed by atoms with Gasteiger partial charge < -0.3 is 10.4 Å². The van der Waals surface area contributed by atoms with Crippen LogP contribution in [0.1, 0.15) is 34.1 Å². The van der Waals surface area contributed by atoms with E-state index in [9.17, 15) is 4.79 Å². The van der Waals surface area contributed by atoms with Gasteiger partial charge in [0.2, 0.25) is 5.91 Å². The summed E-state index contributed by atoms with van der Waals surface area (Å²) in [6, 6.07) is -0.148. The third kappa shape index (κ3) is 3.72. The average molecular weight is 173 g/mol. The molecule has 0 fully saturated rings. The third-order valence-corrected chi connectivity index (χ3v) is 1.88. The molecule has 0 rings (SSSR count). The molecule has 0 aliphatic carbocycles. The van der Waals surface area contributed by atoms with Crippen molar-refractivity contribution in [2.24, 2.45) is 5.41 Å². The van der Waals surface area contributed by atoms with Crippen molar-refractivity contribution in [3.63, 3.8) is 0 Å². The lowest BCUT2D eigenvalue weighted by Gasteiger charge is -2.29. The van der Waals surface area contributed by atoms with Crippen LogP contribution in [0.4, 0.5) is 0 Å². The molecule has 0 aliphatic rings. The number of hydrogen-bond donors (Lipinski definition) is 2. The van der Waals surface area contributed by atoms with Crippen molar-refractivity contribution < 1.29 is 9.90 Å². The number of nitrogens with one attached hydrogen (secondary N) is 1. The molecular formula is C9H19NO2. The van der Waals surface area contributed by atoms with E-state index < -0.39 is 0 Å². The Labute approximate surface area is 74.2 Å². The van der Waals surface area contributed by atoms with Crippen molar-refractivity contribution >= 4 is 5.91 Å². The highest BCUT2D eigenvalue weighted by Crippen LogP contribution is 2.18. The predicted octanol–water partition coefficient (Wildman–Crippen LogP) is 0.920. The molecule has 72 valence electrons. The van der Waals surface area contributed by atoms with Gasteiger partial charge in [-0.25, -0.2) is 0 Å². The Morgan fingerprint density at radius 3 is 2.25 bits per heavy atom. The Hall–Kier alpha value is -0.570. The SMILES string of the molecule is CCC(=O)NC(CO)C(C)(C)C. The van der Waals surface area contributed by atoms with E-state index in [0.717, 1.165) is 0 Å². The van der Waals surface area contributed by atoms with Crippen LogP contribution in [0.3, 0.4) is 0 Å². The Kier molecular flexibility index (Phi) is 4.24. The highest BCUT2D eigenvalue weighted by Gasteiger charge is 2.24.